The molecule has 0 unspecified atom stereocenters. The summed E-state index contributed by atoms with van der Waals surface area (Å²) in [7, 11) is 1.65. The van der Waals surface area contributed by atoms with Gasteiger partial charge in [0.15, 0.2) is 10.3 Å². The zero-order valence-electron chi connectivity index (χ0n) is 16.1. The fourth-order valence-electron chi connectivity index (χ4n) is 2.89. The lowest BCUT2D eigenvalue weighted by Gasteiger charge is -2.06. The van der Waals surface area contributed by atoms with Crippen molar-refractivity contribution in [1.82, 2.24) is 19.5 Å². The number of carbonyl (C=O) groups is 1. The molecule has 2 N–H and O–H groups in total. The molecule has 10 heteroatoms. The number of nitrogens with zero attached hydrogens (tertiary/aromatic N) is 3. The van der Waals surface area contributed by atoms with Crippen LogP contribution < -0.4 is 15.6 Å². The van der Waals surface area contributed by atoms with Gasteiger partial charge in [-0.3, -0.25) is 14.2 Å². The molecule has 0 atom stereocenters. The second kappa shape index (κ2) is 7.88. The number of ether oxygens (including phenoxy) is 1. The molecule has 0 radical (unpaired) electrons. The molecule has 0 saturated heterocycles. The van der Waals surface area contributed by atoms with Crippen LogP contribution in [0, 0.1) is 6.92 Å². The van der Waals surface area contributed by atoms with Crippen molar-refractivity contribution in [3.63, 3.8) is 0 Å². The highest BCUT2D eigenvalue weighted by atomic mass is 32.2. The molecule has 4 rings (SSSR count). The van der Waals surface area contributed by atoms with Gasteiger partial charge in [0.25, 0.3) is 5.56 Å². The monoisotopic (exact) mass is 429 g/mol. The van der Waals surface area contributed by atoms with Gasteiger partial charge in [-0.1, -0.05) is 23.1 Å². The van der Waals surface area contributed by atoms with E-state index in [1.807, 2.05) is 38.1 Å². The minimum absolute atomic E-state index is 0.120. The Bertz CT molecular complexity index is 1270. The fourth-order valence-corrected chi connectivity index (χ4v) is 4.52. The molecule has 3 heterocycles. The van der Waals surface area contributed by atoms with Crippen LogP contribution in [0.3, 0.4) is 0 Å². The summed E-state index contributed by atoms with van der Waals surface area (Å²) in [6.07, 6.45) is 0. The number of thiazole rings is 1. The van der Waals surface area contributed by atoms with Crippen molar-refractivity contribution in [3.8, 4) is 5.75 Å². The van der Waals surface area contributed by atoms with Crippen LogP contribution in [0.15, 0.2) is 34.2 Å². The fraction of sp³-hybridized carbons (Fsp3) is 0.263. The van der Waals surface area contributed by atoms with Crippen LogP contribution in [0.2, 0.25) is 0 Å². The average molecular weight is 430 g/mol. The number of carbonyl (C=O) groups excluding carboxylic acids is 1. The second-order valence-electron chi connectivity index (χ2n) is 6.39. The van der Waals surface area contributed by atoms with Crippen molar-refractivity contribution in [2.24, 2.45) is 7.05 Å². The molecule has 0 aliphatic rings. The molecule has 150 valence electrons. The predicted molar refractivity (Wildman–Crippen MR) is 116 cm³/mol. The SMILES string of the molecule is CCOc1ccc2sc(NC(=O)CSc3nc4cc(C)[nH]c4c(=O)n3C)nc2c1. The summed E-state index contributed by atoms with van der Waals surface area (Å²) in [5.41, 5.74) is 2.56. The van der Waals surface area contributed by atoms with Gasteiger partial charge in [0.05, 0.1) is 28.1 Å². The van der Waals surface area contributed by atoms with Gasteiger partial charge < -0.3 is 15.0 Å². The Morgan fingerprint density at radius 3 is 2.93 bits per heavy atom. The van der Waals surface area contributed by atoms with Crippen LogP contribution in [0.5, 0.6) is 5.75 Å². The van der Waals surface area contributed by atoms with E-state index in [2.05, 4.69) is 20.3 Å². The highest BCUT2D eigenvalue weighted by Gasteiger charge is 2.14. The van der Waals surface area contributed by atoms with Crippen LogP contribution in [0.4, 0.5) is 5.13 Å². The lowest BCUT2D eigenvalue weighted by molar-refractivity contribution is -0.113. The van der Waals surface area contributed by atoms with Crippen LogP contribution in [0.1, 0.15) is 12.6 Å². The molecule has 1 amide bonds. The van der Waals surface area contributed by atoms with Crippen molar-refractivity contribution in [2.75, 3.05) is 17.7 Å². The maximum absolute atomic E-state index is 12.4. The van der Waals surface area contributed by atoms with E-state index in [1.165, 1.54) is 27.7 Å². The third-order valence-corrected chi connectivity index (χ3v) is 6.18. The molecule has 4 aromatic rings. The number of hydrogen-bond acceptors (Lipinski definition) is 7. The molecule has 29 heavy (non-hydrogen) atoms. The smallest absolute Gasteiger partial charge is 0.278 e. The molecule has 8 nitrogen and oxygen atoms in total. The largest absolute Gasteiger partial charge is 0.494 e. The molecular formula is C19H19N5O3S2. The average Bonchev–Trinajstić information content (AvgIpc) is 3.25. The number of anilines is 1. The highest BCUT2D eigenvalue weighted by molar-refractivity contribution is 7.99. The molecule has 0 bridgehead atoms. The predicted octanol–water partition coefficient (Wildman–Crippen LogP) is 3.31. The zero-order valence-corrected chi connectivity index (χ0v) is 17.7. The number of amides is 1. The summed E-state index contributed by atoms with van der Waals surface area (Å²) in [5, 5.41) is 3.83. The Morgan fingerprint density at radius 2 is 2.14 bits per heavy atom. The van der Waals surface area contributed by atoms with Gasteiger partial charge in [-0.05, 0) is 32.0 Å². The zero-order chi connectivity index (χ0) is 20.5. The first-order valence-corrected chi connectivity index (χ1v) is 10.8. The van der Waals surface area contributed by atoms with Crippen molar-refractivity contribution < 1.29 is 9.53 Å². The molecular weight excluding hydrogens is 410 g/mol. The summed E-state index contributed by atoms with van der Waals surface area (Å²) < 4.78 is 7.90. The van der Waals surface area contributed by atoms with Gasteiger partial charge in [-0.15, -0.1) is 0 Å². The summed E-state index contributed by atoms with van der Waals surface area (Å²) >= 11 is 2.61. The second-order valence-corrected chi connectivity index (χ2v) is 8.36. The minimum atomic E-state index is -0.210. The molecule has 3 aromatic heterocycles. The van der Waals surface area contributed by atoms with Crippen LogP contribution in [0.25, 0.3) is 21.3 Å². The van der Waals surface area contributed by atoms with E-state index >= 15 is 0 Å². The van der Waals surface area contributed by atoms with E-state index in [9.17, 15) is 9.59 Å². The van der Waals surface area contributed by atoms with Gasteiger partial charge in [-0.2, -0.15) is 0 Å². The Hall–Kier alpha value is -2.85. The Labute approximate surface area is 174 Å². The minimum Gasteiger partial charge on any atom is -0.494 e. The first kappa shape index (κ1) is 19.5. The van der Waals surface area contributed by atoms with E-state index in [0.717, 1.165) is 21.7 Å². The molecule has 0 saturated carbocycles. The third-order valence-electron chi connectivity index (χ3n) is 4.20. The van der Waals surface area contributed by atoms with Gasteiger partial charge in [0.1, 0.15) is 11.3 Å². The maximum atomic E-state index is 12.4. The number of hydrogen-bond donors (Lipinski definition) is 2. The van der Waals surface area contributed by atoms with E-state index in [-0.39, 0.29) is 17.2 Å². The van der Waals surface area contributed by atoms with Crippen molar-refractivity contribution >= 4 is 55.4 Å². The summed E-state index contributed by atoms with van der Waals surface area (Å²) in [6, 6.07) is 7.48. The molecule has 0 spiro atoms. The lowest BCUT2D eigenvalue weighted by atomic mass is 10.3. The normalized spacial score (nSPS) is 11.3. The van der Waals surface area contributed by atoms with E-state index < -0.39 is 0 Å². The van der Waals surface area contributed by atoms with Crippen LogP contribution in [-0.2, 0) is 11.8 Å². The van der Waals surface area contributed by atoms with E-state index in [0.29, 0.717) is 27.9 Å². The maximum Gasteiger partial charge on any atom is 0.278 e. The number of H-pyrrole nitrogens is 1. The number of aryl methyl sites for hydroxylation is 1. The molecule has 0 aliphatic carbocycles. The van der Waals surface area contributed by atoms with E-state index in [1.54, 1.807) is 7.05 Å². The Balaban J connectivity index is 1.46. The van der Waals surface area contributed by atoms with Gasteiger partial charge in [-0.25, -0.2) is 9.97 Å². The summed E-state index contributed by atoms with van der Waals surface area (Å²) in [5.74, 6) is 0.662. The van der Waals surface area contributed by atoms with E-state index in [4.69, 9.17) is 4.74 Å². The van der Waals surface area contributed by atoms with Crippen LogP contribution in [-0.4, -0.2) is 37.8 Å². The highest BCUT2D eigenvalue weighted by Crippen LogP contribution is 2.29. The Morgan fingerprint density at radius 1 is 1.31 bits per heavy atom. The standard InChI is InChI=1S/C19H19N5O3S2/c1-4-27-11-5-6-14-12(8-11)21-18(29-14)23-15(25)9-28-19-22-13-7-10(2)20-16(13)17(26)24(19)3/h5-8,20H,4,9H2,1-3H3,(H,21,23,25). The van der Waals surface area contributed by atoms with Crippen LogP contribution >= 0.6 is 23.1 Å². The van der Waals surface area contributed by atoms with Gasteiger partial charge >= 0.3 is 0 Å². The summed E-state index contributed by atoms with van der Waals surface area (Å²) in [6.45, 7) is 4.38. The number of aromatic nitrogens is 4. The number of benzene rings is 1. The number of rotatable bonds is 6. The van der Waals surface area contributed by atoms with Crippen molar-refractivity contribution in [1.29, 1.82) is 0 Å². The number of fused-ring (bicyclic) bond motifs is 2. The third kappa shape index (κ3) is 3.99. The number of nitrogens with one attached hydrogen (secondary N) is 2. The number of aromatic amines is 1. The van der Waals surface area contributed by atoms with Gasteiger partial charge in [0.2, 0.25) is 5.91 Å². The quantitative estimate of drug-likeness (QED) is 0.360. The first-order chi connectivity index (χ1) is 13.9. The molecule has 0 aliphatic heterocycles. The Kier molecular flexibility index (Phi) is 5.29. The van der Waals surface area contributed by atoms with Crippen molar-refractivity contribution in [3.05, 3.63) is 40.3 Å². The number of thioether (sulfide) groups is 1. The molecule has 1 aromatic carbocycles. The lowest BCUT2D eigenvalue weighted by Crippen LogP contribution is -2.21. The van der Waals surface area contributed by atoms with Gasteiger partial charge in [0, 0.05) is 18.8 Å². The molecule has 0 fully saturated rings. The summed E-state index contributed by atoms with van der Waals surface area (Å²) in [4.78, 5) is 36.8. The van der Waals surface area contributed by atoms with Crippen molar-refractivity contribution in [2.45, 2.75) is 19.0 Å². The topological polar surface area (TPSA) is 102 Å². The first-order valence-electron chi connectivity index (χ1n) is 8.97.